The van der Waals surface area contributed by atoms with Crippen molar-refractivity contribution >= 4 is 11.6 Å². The molecule has 0 aliphatic rings. The zero-order valence-electron chi connectivity index (χ0n) is 14.4. The molecule has 3 aromatic rings. The molecule has 134 valence electrons. The first-order chi connectivity index (χ1) is 12.7. The lowest BCUT2D eigenvalue weighted by Crippen LogP contribution is -2.21. The van der Waals surface area contributed by atoms with Crippen LogP contribution in [0.3, 0.4) is 0 Å². The summed E-state index contributed by atoms with van der Waals surface area (Å²) in [6, 6.07) is 25.3. The van der Waals surface area contributed by atoms with Crippen LogP contribution < -0.4 is 10.1 Å². The molecule has 0 bridgehead atoms. The molecule has 3 aromatic carbocycles. The number of hydrogen-bond donors (Lipinski definition) is 2. The van der Waals surface area contributed by atoms with Gasteiger partial charge in [0.2, 0.25) is 0 Å². The molecule has 0 spiro atoms. The van der Waals surface area contributed by atoms with Gasteiger partial charge < -0.3 is 15.2 Å². The predicted octanol–water partition coefficient (Wildman–Crippen LogP) is 4.74. The normalized spacial score (nSPS) is 11.9. The highest BCUT2D eigenvalue weighted by atomic mass is 35.5. The monoisotopic (exact) mass is 367 g/mol. The van der Waals surface area contributed by atoms with E-state index in [1.54, 1.807) is 12.1 Å². The summed E-state index contributed by atoms with van der Waals surface area (Å²) < 4.78 is 5.85. The van der Waals surface area contributed by atoms with E-state index in [1.165, 1.54) is 0 Å². The maximum absolute atomic E-state index is 10.2. The quantitative estimate of drug-likeness (QED) is 0.604. The van der Waals surface area contributed by atoms with E-state index in [0.29, 0.717) is 24.7 Å². The Hall–Kier alpha value is -2.33. The number of hydrogen-bond acceptors (Lipinski definition) is 3. The van der Waals surface area contributed by atoms with E-state index in [9.17, 15) is 5.11 Å². The molecule has 0 saturated carbocycles. The Balaban J connectivity index is 1.48. The van der Waals surface area contributed by atoms with Crippen LogP contribution in [0.5, 0.6) is 5.75 Å². The Labute approximate surface area is 159 Å². The van der Waals surface area contributed by atoms with Crippen LogP contribution in [-0.2, 0) is 13.2 Å². The average Bonchev–Trinajstić information content (AvgIpc) is 2.68. The third-order valence-corrected chi connectivity index (χ3v) is 4.32. The molecule has 3 rings (SSSR count). The van der Waals surface area contributed by atoms with Crippen LogP contribution in [0.2, 0.25) is 5.02 Å². The molecule has 0 aromatic heterocycles. The summed E-state index contributed by atoms with van der Waals surface area (Å²) in [5, 5.41) is 14.2. The molecule has 0 aliphatic heterocycles. The second kappa shape index (κ2) is 9.39. The van der Waals surface area contributed by atoms with Crippen LogP contribution >= 0.6 is 11.6 Å². The lowest BCUT2D eigenvalue weighted by atomic mass is 10.1. The van der Waals surface area contributed by atoms with Gasteiger partial charge in [0.1, 0.15) is 12.4 Å². The summed E-state index contributed by atoms with van der Waals surface area (Å²) in [7, 11) is 0. The van der Waals surface area contributed by atoms with E-state index in [4.69, 9.17) is 16.3 Å². The van der Waals surface area contributed by atoms with Crippen molar-refractivity contribution in [3.05, 3.63) is 101 Å². The van der Waals surface area contributed by atoms with Gasteiger partial charge >= 0.3 is 0 Å². The van der Waals surface area contributed by atoms with Gasteiger partial charge in [0.25, 0.3) is 0 Å². The topological polar surface area (TPSA) is 41.5 Å². The number of ether oxygens (including phenoxy) is 1. The minimum absolute atomic E-state index is 0.469. The zero-order valence-corrected chi connectivity index (χ0v) is 15.2. The van der Waals surface area contributed by atoms with Crippen molar-refractivity contribution in [1.29, 1.82) is 0 Å². The fraction of sp³-hybridized carbons (Fsp3) is 0.182. The van der Waals surface area contributed by atoms with Gasteiger partial charge in [-0.05, 0) is 41.0 Å². The van der Waals surface area contributed by atoms with E-state index in [-0.39, 0.29) is 0 Å². The smallest absolute Gasteiger partial charge is 0.120 e. The lowest BCUT2D eigenvalue weighted by Gasteiger charge is -2.13. The second-order valence-electron chi connectivity index (χ2n) is 6.12. The van der Waals surface area contributed by atoms with Crippen LogP contribution in [0.1, 0.15) is 22.8 Å². The van der Waals surface area contributed by atoms with E-state index < -0.39 is 6.10 Å². The Morgan fingerprint density at radius 3 is 2.38 bits per heavy atom. The van der Waals surface area contributed by atoms with Crippen molar-refractivity contribution in [2.75, 3.05) is 6.54 Å². The Kier molecular flexibility index (Phi) is 6.67. The number of halogens is 1. The van der Waals surface area contributed by atoms with Gasteiger partial charge in [-0.25, -0.2) is 0 Å². The molecule has 0 heterocycles. The van der Waals surface area contributed by atoms with E-state index >= 15 is 0 Å². The molecule has 2 N–H and O–H groups in total. The Morgan fingerprint density at radius 1 is 0.885 bits per heavy atom. The molecule has 0 radical (unpaired) electrons. The minimum Gasteiger partial charge on any atom is -0.489 e. The fourth-order valence-electron chi connectivity index (χ4n) is 2.64. The van der Waals surface area contributed by atoms with Gasteiger partial charge in [-0.3, -0.25) is 0 Å². The molecule has 4 heteroatoms. The van der Waals surface area contributed by atoms with Gasteiger partial charge in [0.05, 0.1) is 6.10 Å². The molecule has 0 fully saturated rings. The van der Waals surface area contributed by atoms with E-state index in [2.05, 4.69) is 5.32 Å². The number of rotatable bonds is 8. The van der Waals surface area contributed by atoms with Gasteiger partial charge in [0, 0.05) is 18.1 Å². The van der Waals surface area contributed by atoms with Crippen molar-refractivity contribution in [2.45, 2.75) is 19.3 Å². The Bertz CT molecular complexity index is 806. The summed E-state index contributed by atoms with van der Waals surface area (Å²) in [6.45, 7) is 1.68. The number of aliphatic hydroxyl groups excluding tert-OH is 1. The lowest BCUT2D eigenvalue weighted by molar-refractivity contribution is 0.174. The number of nitrogens with one attached hydrogen (secondary N) is 1. The standard InChI is InChI=1S/C22H22ClNO2/c23-20-11-9-19(10-12-20)22(25)15-24-14-18-7-4-8-21(13-18)26-16-17-5-2-1-3-6-17/h1-13,22,24-25H,14-16H2. The highest BCUT2D eigenvalue weighted by Crippen LogP contribution is 2.17. The summed E-state index contributed by atoms with van der Waals surface area (Å²) in [4.78, 5) is 0. The third kappa shape index (κ3) is 5.60. The molecule has 1 unspecified atom stereocenters. The van der Waals surface area contributed by atoms with Crippen LogP contribution in [0, 0.1) is 0 Å². The largest absolute Gasteiger partial charge is 0.489 e. The van der Waals surface area contributed by atoms with Gasteiger partial charge in [-0.15, -0.1) is 0 Å². The maximum atomic E-state index is 10.2. The molecule has 0 saturated heterocycles. The summed E-state index contributed by atoms with van der Waals surface area (Å²) >= 11 is 5.87. The SMILES string of the molecule is OC(CNCc1cccc(OCc2ccccc2)c1)c1ccc(Cl)cc1. The van der Waals surface area contributed by atoms with Crippen LogP contribution in [-0.4, -0.2) is 11.7 Å². The average molecular weight is 368 g/mol. The summed E-state index contributed by atoms with van der Waals surface area (Å²) in [5.74, 6) is 0.839. The molecule has 0 amide bonds. The third-order valence-electron chi connectivity index (χ3n) is 4.07. The minimum atomic E-state index is -0.565. The molecule has 1 atom stereocenters. The summed E-state index contributed by atoms with van der Waals surface area (Å²) in [5.41, 5.74) is 3.10. The first-order valence-corrected chi connectivity index (χ1v) is 8.98. The van der Waals surface area contributed by atoms with Crippen LogP contribution in [0.4, 0.5) is 0 Å². The van der Waals surface area contributed by atoms with Crippen molar-refractivity contribution < 1.29 is 9.84 Å². The fourth-order valence-corrected chi connectivity index (χ4v) is 2.77. The van der Waals surface area contributed by atoms with Crippen molar-refractivity contribution in [3.63, 3.8) is 0 Å². The number of benzene rings is 3. The van der Waals surface area contributed by atoms with Gasteiger partial charge in [-0.1, -0.05) is 66.2 Å². The Morgan fingerprint density at radius 2 is 1.62 bits per heavy atom. The first-order valence-electron chi connectivity index (χ1n) is 8.60. The molecule has 26 heavy (non-hydrogen) atoms. The van der Waals surface area contributed by atoms with Gasteiger partial charge in [0.15, 0.2) is 0 Å². The molecular formula is C22H22ClNO2. The van der Waals surface area contributed by atoms with Crippen LogP contribution in [0.25, 0.3) is 0 Å². The van der Waals surface area contributed by atoms with Crippen LogP contribution in [0.15, 0.2) is 78.9 Å². The van der Waals surface area contributed by atoms with Crippen molar-refractivity contribution in [3.8, 4) is 5.75 Å². The molecule has 3 nitrogen and oxygen atoms in total. The van der Waals surface area contributed by atoms with E-state index in [0.717, 1.165) is 22.4 Å². The summed E-state index contributed by atoms with van der Waals surface area (Å²) in [6.07, 6.45) is -0.565. The number of aliphatic hydroxyl groups is 1. The highest BCUT2D eigenvalue weighted by molar-refractivity contribution is 6.30. The van der Waals surface area contributed by atoms with Crippen molar-refractivity contribution in [1.82, 2.24) is 5.32 Å². The predicted molar refractivity (Wildman–Crippen MR) is 105 cm³/mol. The highest BCUT2D eigenvalue weighted by Gasteiger charge is 2.07. The maximum Gasteiger partial charge on any atom is 0.120 e. The van der Waals surface area contributed by atoms with Gasteiger partial charge in [-0.2, -0.15) is 0 Å². The van der Waals surface area contributed by atoms with E-state index in [1.807, 2.05) is 66.7 Å². The second-order valence-corrected chi connectivity index (χ2v) is 6.56. The molecular weight excluding hydrogens is 346 g/mol. The van der Waals surface area contributed by atoms with Crippen molar-refractivity contribution in [2.24, 2.45) is 0 Å². The first kappa shape index (κ1) is 18.5. The zero-order chi connectivity index (χ0) is 18.2. The molecule has 0 aliphatic carbocycles.